The largest absolute Gasteiger partial charge is 0.396 e. The summed E-state index contributed by atoms with van der Waals surface area (Å²) < 4.78 is 0. The van der Waals surface area contributed by atoms with Gasteiger partial charge in [0, 0.05) is 36.8 Å². The van der Waals surface area contributed by atoms with E-state index in [1.165, 1.54) is 5.01 Å². The molecule has 0 saturated carbocycles. The fraction of sp³-hybridized carbons (Fsp3) is 0.429. The second kappa shape index (κ2) is 5.17. The summed E-state index contributed by atoms with van der Waals surface area (Å²) in [7, 11) is 0. The highest BCUT2D eigenvalue weighted by atomic mass is 32.1. The molecule has 1 aliphatic heterocycles. The molecule has 4 nitrogen and oxygen atoms in total. The molecular weight excluding hydrogens is 256 g/mol. The van der Waals surface area contributed by atoms with Crippen LogP contribution in [0.3, 0.4) is 0 Å². The van der Waals surface area contributed by atoms with Crippen molar-refractivity contribution in [3.63, 3.8) is 0 Å². The van der Waals surface area contributed by atoms with Crippen LogP contribution in [0, 0.1) is 6.92 Å². The van der Waals surface area contributed by atoms with Crippen LogP contribution < -0.4 is 10.6 Å². The first-order valence-electron chi connectivity index (χ1n) is 6.60. The molecule has 1 saturated heterocycles. The van der Waals surface area contributed by atoms with Crippen LogP contribution in [0.4, 0.5) is 11.4 Å². The van der Waals surface area contributed by atoms with Crippen molar-refractivity contribution in [3.8, 4) is 0 Å². The molecule has 0 unspecified atom stereocenters. The zero-order valence-corrected chi connectivity index (χ0v) is 11.9. The van der Waals surface area contributed by atoms with Crippen LogP contribution in [0.2, 0.25) is 0 Å². The van der Waals surface area contributed by atoms with Crippen LogP contribution in [0.5, 0.6) is 0 Å². The molecule has 0 bridgehead atoms. The van der Waals surface area contributed by atoms with E-state index in [1.807, 2.05) is 12.4 Å². The van der Waals surface area contributed by atoms with Gasteiger partial charge < -0.3 is 10.6 Å². The van der Waals surface area contributed by atoms with Gasteiger partial charge in [0.25, 0.3) is 0 Å². The molecule has 0 aromatic carbocycles. The summed E-state index contributed by atoms with van der Waals surface area (Å²) in [5.41, 5.74) is 9.17. The molecule has 0 amide bonds. The van der Waals surface area contributed by atoms with Crippen molar-refractivity contribution in [2.75, 3.05) is 23.7 Å². The van der Waals surface area contributed by atoms with Gasteiger partial charge in [-0.05, 0) is 25.3 Å². The van der Waals surface area contributed by atoms with E-state index >= 15 is 0 Å². The summed E-state index contributed by atoms with van der Waals surface area (Å²) in [6.07, 6.45) is 7.83. The molecule has 0 radical (unpaired) electrons. The number of pyridine rings is 1. The van der Waals surface area contributed by atoms with Crippen LogP contribution >= 0.6 is 11.3 Å². The Bertz CT molecular complexity index is 524. The van der Waals surface area contributed by atoms with Gasteiger partial charge in [0.15, 0.2) is 0 Å². The van der Waals surface area contributed by atoms with Gasteiger partial charge in [-0.15, -0.1) is 11.3 Å². The first-order chi connectivity index (χ1) is 9.25. The van der Waals surface area contributed by atoms with Crippen molar-refractivity contribution in [2.45, 2.75) is 25.7 Å². The van der Waals surface area contributed by atoms with Gasteiger partial charge in [-0.25, -0.2) is 4.98 Å². The van der Waals surface area contributed by atoms with Gasteiger partial charge in [0.2, 0.25) is 0 Å². The van der Waals surface area contributed by atoms with E-state index in [-0.39, 0.29) is 0 Å². The lowest BCUT2D eigenvalue weighted by atomic mass is 9.96. The number of aromatic nitrogens is 2. The number of rotatable bonds is 2. The number of aryl methyl sites for hydroxylation is 1. The third kappa shape index (κ3) is 2.42. The maximum Gasteiger partial charge on any atom is 0.0957 e. The average molecular weight is 274 g/mol. The van der Waals surface area contributed by atoms with Crippen molar-refractivity contribution in [2.24, 2.45) is 0 Å². The quantitative estimate of drug-likeness (QED) is 0.915. The molecule has 100 valence electrons. The fourth-order valence-electron chi connectivity index (χ4n) is 2.80. The molecule has 3 heterocycles. The Balaban J connectivity index is 1.74. The van der Waals surface area contributed by atoms with Crippen molar-refractivity contribution >= 4 is 22.7 Å². The second-order valence-electron chi connectivity index (χ2n) is 5.03. The minimum Gasteiger partial charge on any atom is -0.396 e. The molecule has 3 rings (SSSR count). The summed E-state index contributed by atoms with van der Waals surface area (Å²) in [6, 6.07) is 0. The van der Waals surface area contributed by atoms with Crippen LogP contribution in [0.1, 0.15) is 29.3 Å². The first kappa shape index (κ1) is 12.4. The highest BCUT2D eigenvalue weighted by Crippen LogP contribution is 2.34. The molecule has 2 aromatic rings. The Morgan fingerprint density at radius 3 is 2.74 bits per heavy atom. The standard InChI is InChI=1S/C14H18N4S/c1-10-8-16-9-12(15)13(10)18-5-2-11(3-6-18)14-17-4-7-19-14/h4,7-9,11H,2-3,5-6,15H2,1H3. The van der Waals surface area contributed by atoms with Crippen molar-refractivity contribution in [1.82, 2.24) is 9.97 Å². The second-order valence-corrected chi connectivity index (χ2v) is 5.95. The number of nitrogens with two attached hydrogens (primary N) is 1. The van der Waals surface area contributed by atoms with Gasteiger partial charge in [0.05, 0.1) is 22.6 Å². The van der Waals surface area contributed by atoms with Crippen molar-refractivity contribution in [3.05, 3.63) is 34.5 Å². The summed E-state index contributed by atoms with van der Waals surface area (Å²) in [5, 5.41) is 3.34. The van der Waals surface area contributed by atoms with E-state index in [4.69, 9.17) is 5.73 Å². The molecule has 2 aromatic heterocycles. The maximum absolute atomic E-state index is 6.07. The average Bonchev–Trinajstić information content (AvgIpc) is 2.93. The molecule has 5 heteroatoms. The predicted molar refractivity (Wildman–Crippen MR) is 79.7 cm³/mol. The lowest BCUT2D eigenvalue weighted by Gasteiger charge is -2.34. The highest BCUT2D eigenvalue weighted by molar-refractivity contribution is 7.09. The lowest BCUT2D eigenvalue weighted by Crippen LogP contribution is -2.33. The van der Waals surface area contributed by atoms with Gasteiger partial charge in [-0.3, -0.25) is 4.98 Å². The molecule has 0 atom stereocenters. The van der Waals surface area contributed by atoms with Crippen LogP contribution in [-0.2, 0) is 0 Å². The van der Waals surface area contributed by atoms with Gasteiger partial charge >= 0.3 is 0 Å². The minimum absolute atomic E-state index is 0.611. The molecular formula is C14H18N4S. The molecule has 0 spiro atoms. The highest BCUT2D eigenvalue weighted by Gasteiger charge is 2.24. The Kier molecular flexibility index (Phi) is 3.38. The SMILES string of the molecule is Cc1cncc(N)c1N1CCC(c2nccs2)CC1. The third-order valence-corrected chi connectivity index (χ3v) is 4.68. The van der Waals surface area contributed by atoms with Crippen LogP contribution in [0.25, 0.3) is 0 Å². The van der Waals surface area contributed by atoms with E-state index in [0.29, 0.717) is 5.92 Å². The lowest BCUT2D eigenvalue weighted by molar-refractivity contribution is 0.503. The van der Waals surface area contributed by atoms with E-state index in [9.17, 15) is 0 Å². The first-order valence-corrected chi connectivity index (χ1v) is 7.48. The Labute approximate surface area is 117 Å². The van der Waals surface area contributed by atoms with Crippen molar-refractivity contribution < 1.29 is 0 Å². The third-order valence-electron chi connectivity index (χ3n) is 3.74. The normalized spacial score (nSPS) is 16.8. The van der Waals surface area contributed by atoms with Crippen LogP contribution in [-0.4, -0.2) is 23.1 Å². The Hall–Kier alpha value is -1.62. The van der Waals surface area contributed by atoms with E-state index in [0.717, 1.165) is 42.9 Å². The number of anilines is 2. The fourth-order valence-corrected chi connectivity index (χ4v) is 3.61. The monoisotopic (exact) mass is 274 g/mol. The van der Waals surface area contributed by atoms with E-state index < -0.39 is 0 Å². The zero-order valence-electron chi connectivity index (χ0n) is 11.0. The van der Waals surface area contributed by atoms with Gasteiger partial charge in [-0.1, -0.05) is 0 Å². The molecule has 19 heavy (non-hydrogen) atoms. The Morgan fingerprint density at radius 1 is 1.32 bits per heavy atom. The van der Waals surface area contributed by atoms with Crippen LogP contribution in [0.15, 0.2) is 24.0 Å². The molecule has 2 N–H and O–H groups in total. The summed E-state index contributed by atoms with van der Waals surface area (Å²) >= 11 is 1.77. The predicted octanol–water partition coefficient (Wildman–Crippen LogP) is 2.81. The van der Waals surface area contributed by atoms with E-state index in [1.54, 1.807) is 17.5 Å². The summed E-state index contributed by atoms with van der Waals surface area (Å²) in [4.78, 5) is 11.0. The maximum atomic E-state index is 6.07. The minimum atomic E-state index is 0.611. The number of piperidine rings is 1. The topological polar surface area (TPSA) is 55.0 Å². The zero-order chi connectivity index (χ0) is 13.2. The summed E-state index contributed by atoms with van der Waals surface area (Å²) in [5.74, 6) is 0.611. The van der Waals surface area contributed by atoms with Crippen molar-refractivity contribution in [1.29, 1.82) is 0 Å². The number of hydrogen-bond donors (Lipinski definition) is 1. The molecule has 1 aliphatic rings. The van der Waals surface area contributed by atoms with Gasteiger partial charge in [0.1, 0.15) is 0 Å². The number of nitrogen functional groups attached to an aromatic ring is 1. The number of hydrogen-bond acceptors (Lipinski definition) is 5. The number of thiazole rings is 1. The smallest absolute Gasteiger partial charge is 0.0957 e. The number of nitrogens with zero attached hydrogens (tertiary/aromatic N) is 3. The molecule has 0 aliphatic carbocycles. The van der Waals surface area contributed by atoms with E-state index in [2.05, 4.69) is 27.2 Å². The Morgan fingerprint density at radius 2 is 2.11 bits per heavy atom. The molecule has 1 fully saturated rings. The summed E-state index contributed by atoms with van der Waals surface area (Å²) in [6.45, 7) is 4.16. The van der Waals surface area contributed by atoms with Gasteiger partial charge in [-0.2, -0.15) is 0 Å².